The highest BCUT2D eigenvalue weighted by molar-refractivity contribution is 9.10. The van der Waals surface area contributed by atoms with Crippen molar-refractivity contribution in [3.63, 3.8) is 0 Å². The van der Waals surface area contributed by atoms with Crippen molar-refractivity contribution >= 4 is 28.3 Å². The van der Waals surface area contributed by atoms with Crippen LogP contribution in [0, 0.1) is 5.82 Å². The van der Waals surface area contributed by atoms with E-state index in [-0.39, 0.29) is 24.3 Å². The molecule has 2 rings (SSSR count). The van der Waals surface area contributed by atoms with Crippen LogP contribution in [0.2, 0.25) is 0 Å². The second kappa shape index (κ2) is 8.98. The van der Waals surface area contributed by atoms with E-state index in [1.165, 1.54) is 0 Å². The van der Waals surface area contributed by atoms with Crippen LogP contribution < -0.4 is 5.32 Å². The van der Waals surface area contributed by atoms with Crippen molar-refractivity contribution in [1.29, 1.82) is 0 Å². The molecular weight excluding hydrogens is 343 g/mol. The van der Waals surface area contributed by atoms with Crippen LogP contribution in [0.15, 0.2) is 22.7 Å². The zero-order valence-corrected chi connectivity index (χ0v) is 14.3. The second-order valence-corrected chi connectivity index (χ2v) is 5.93. The standard InChI is InChI=1S/C15H22BrFN2.ClH/c1-2-3-7-14(19-10-8-18-9-11-19)15-12(16)5-4-6-13(15)17;/h4-6,14,18H,2-3,7-11H2,1H3;1H/t14-;/m1./s1. The average Bonchev–Trinajstić information content (AvgIpc) is 2.43. The van der Waals surface area contributed by atoms with Crippen LogP contribution in [0.5, 0.6) is 0 Å². The fourth-order valence-corrected chi connectivity index (χ4v) is 3.34. The molecule has 0 unspecified atom stereocenters. The van der Waals surface area contributed by atoms with Crippen LogP contribution in [0.4, 0.5) is 4.39 Å². The number of rotatable bonds is 5. The molecule has 0 aliphatic carbocycles. The van der Waals surface area contributed by atoms with Crippen LogP contribution in [0.25, 0.3) is 0 Å². The quantitative estimate of drug-likeness (QED) is 0.843. The van der Waals surface area contributed by atoms with Gasteiger partial charge in [-0.3, -0.25) is 4.90 Å². The van der Waals surface area contributed by atoms with Gasteiger partial charge in [-0.1, -0.05) is 41.8 Å². The molecule has 1 saturated heterocycles. The molecule has 0 aromatic heterocycles. The van der Waals surface area contributed by atoms with E-state index in [1.807, 2.05) is 6.07 Å². The Morgan fingerprint density at radius 2 is 2.05 bits per heavy atom. The van der Waals surface area contributed by atoms with Crippen LogP contribution in [0.1, 0.15) is 37.8 Å². The molecule has 20 heavy (non-hydrogen) atoms. The largest absolute Gasteiger partial charge is 0.314 e. The van der Waals surface area contributed by atoms with E-state index in [4.69, 9.17) is 0 Å². The molecule has 1 aromatic carbocycles. The molecule has 2 nitrogen and oxygen atoms in total. The van der Waals surface area contributed by atoms with Gasteiger partial charge in [-0.2, -0.15) is 0 Å². The number of nitrogens with one attached hydrogen (secondary N) is 1. The van der Waals surface area contributed by atoms with Crippen molar-refractivity contribution in [3.8, 4) is 0 Å². The first-order valence-electron chi connectivity index (χ1n) is 7.12. The molecule has 114 valence electrons. The maximum absolute atomic E-state index is 14.2. The zero-order valence-electron chi connectivity index (χ0n) is 11.9. The number of benzene rings is 1. The Balaban J connectivity index is 0.00000200. The average molecular weight is 366 g/mol. The molecular formula is C15H23BrClFN2. The third-order valence-corrected chi connectivity index (χ3v) is 4.45. The number of nitrogens with zero attached hydrogens (tertiary/aromatic N) is 1. The van der Waals surface area contributed by atoms with E-state index in [1.54, 1.807) is 12.1 Å². The molecule has 1 aliphatic heterocycles. The summed E-state index contributed by atoms with van der Waals surface area (Å²) in [6, 6.07) is 5.47. The molecule has 1 aliphatic rings. The van der Waals surface area contributed by atoms with E-state index in [2.05, 4.69) is 33.1 Å². The summed E-state index contributed by atoms with van der Waals surface area (Å²) in [5.41, 5.74) is 0.831. The van der Waals surface area contributed by atoms with Gasteiger partial charge >= 0.3 is 0 Å². The number of unbranched alkanes of at least 4 members (excludes halogenated alkanes) is 1. The minimum Gasteiger partial charge on any atom is -0.314 e. The summed E-state index contributed by atoms with van der Waals surface area (Å²) in [7, 11) is 0. The summed E-state index contributed by atoms with van der Waals surface area (Å²) in [6.07, 6.45) is 3.31. The van der Waals surface area contributed by atoms with Crippen molar-refractivity contribution in [2.75, 3.05) is 26.2 Å². The Labute approximate surface area is 135 Å². The van der Waals surface area contributed by atoms with Gasteiger partial charge in [-0.15, -0.1) is 12.4 Å². The van der Waals surface area contributed by atoms with Gasteiger partial charge in [0, 0.05) is 42.3 Å². The summed E-state index contributed by atoms with van der Waals surface area (Å²) >= 11 is 3.52. The molecule has 1 N–H and O–H groups in total. The Kier molecular flexibility index (Phi) is 8.03. The first-order chi connectivity index (χ1) is 9.24. The zero-order chi connectivity index (χ0) is 13.7. The Morgan fingerprint density at radius 1 is 1.35 bits per heavy atom. The second-order valence-electron chi connectivity index (χ2n) is 5.08. The van der Waals surface area contributed by atoms with Crippen LogP contribution >= 0.6 is 28.3 Å². The highest BCUT2D eigenvalue weighted by atomic mass is 79.9. The molecule has 1 atom stereocenters. The molecule has 0 bridgehead atoms. The van der Waals surface area contributed by atoms with Crippen LogP contribution in [0.3, 0.4) is 0 Å². The van der Waals surface area contributed by atoms with Gasteiger partial charge in [0.1, 0.15) is 5.82 Å². The maximum Gasteiger partial charge on any atom is 0.129 e. The van der Waals surface area contributed by atoms with Gasteiger partial charge in [-0.25, -0.2) is 4.39 Å². The predicted molar refractivity (Wildman–Crippen MR) is 88.1 cm³/mol. The number of hydrogen-bond donors (Lipinski definition) is 1. The predicted octanol–water partition coefficient (Wildman–Crippen LogP) is 4.15. The molecule has 1 fully saturated rings. The van der Waals surface area contributed by atoms with Crippen molar-refractivity contribution in [1.82, 2.24) is 10.2 Å². The topological polar surface area (TPSA) is 15.3 Å². The summed E-state index contributed by atoms with van der Waals surface area (Å²) in [6.45, 7) is 6.17. The lowest BCUT2D eigenvalue weighted by Crippen LogP contribution is -2.45. The van der Waals surface area contributed by atoms with Gasteiger partial charge in [0.15, 0.2) is 0 Å². The lowest BCUT2D eigenvalue weighted by molar-refractivity contribution is 0.159. The minimum atomic E-state index is -0.0889. The van der Waals surface area contributed by atoms with Crippen molar-refractivity contribution in [2.24, 2.45) is 0 Å². The third-order valence-electron chi connectivity index (χ3n) is 3.76. The fourth-order valence-electron chi connectivity index (χ4n) is 2.73. The third kappa shape index (κ3) is 4.42. The molecule has 0 amide bonds. The van der Waals surface area contributed by atoms with Crippen molar-refractivity contribution < 1.29 is 4.39 Å². The SMILES string of the molecule is CCCC[C@H](c1c(F)cccc1Br)N1CCNCC1.Cl. The number of hydrogen-bond acceptors (Lipinski definition) is 2. The summed E-state index contributed by atoms with van der Waals surface area (Å²) < 4.78 is 15.1. The smallest absolute Gasteiger partial charge is 0.129 e. The molecule has 0 spiro atoms. The maximum atomic E-state index is 14.2. The molecule has 1 heterocycles. The van der Waals surface area contributed by atoms with Crippen LogP contribution in [-0.2, 0) is 0 Å². The van der Waals surface area contributed by atoms with E-state index in [0.717, 1.165) is 55.5 Å². The lowest BCUT2D eigenvalue weighted by atomic mass is 9.98. The van der Waals surface area contributed by atoms with Crippen LogP contribution in [-0.4, -0.2) is 31.1 Å². The van der Waals surface area contributed by atoms with E-state index in [0.29, 0.717) is 0 Å². The normalized spacial score (nSPS) is 17.6. The van der Waals surface area contributed by atoms with Gasteiger partial charge in [0.25, 0.3) is 0 Å². The number of piperazine rings is 1. The highest BCUT2D eigenvalue weighted by Crippen LogP contribution is 2.33. The molecule has 0 radical (unpaired) electrons. The van der Waals surface area contributed by atoms with Gasteiger partial charge in [0.05, 0.1) is 0 Å². The van der Waals surface area contributed by atoms with Gasteiger partial charge in [0.2, 0.25) is 0 Å². The Hall–Kier alpha value is -0.160. The minimum absolute atomic E-state index is 0. The van der Waals surface area contributed by atoms with Gasteiger partial charge < -0.3 is 5.32 Å². The first-order valence-corrected chi connectivity index (χ1v) is 7.92. The monoisotopic (exact) mass is 364 g/mol. The van der Waals surface area contributed by atoms with Gasteiger partial charge in [-0.05, 0) is 18.6 Å². The Bertz CT molecular complexity index is 391. The number of halogens is 3. The highest BCUT2D eigenvalue weighted by Gasteiger charge is 2.25. The van der Waals surface area contributed by atoms with E-state index < -0.39 is 0 Å². The molecule has 1 aromatic rings. The lowest BCUT2D eigenvalue weighted by Gasteiger charge is -2.36. The first kappa shape index (κ1) is 17.9. The summed E-state index contributed by atoms with van der Waals surface area (Å²) in [4.78, 5) is 2.41. The summed E-state index contributed by atoms with van der Waals surface area (Å²) in [5.74, 6) is -0.0889. The Morgan fingerprint density at radius 3 is 2.65 bits per heavy atom. The van der Waals surface area contributed by atoms with Crippen molar-refractivity contribution in [3.05, 3.63) is 34.1 Å². The molecule has 5 heteroatoms. The van der Waals surface area contributed by atoms with E-state index >= 15 is 0 Å². The summed E-state index contributed by atoms with van der Waals surface area (Å²) in [5, 5.41) is 3.36. The van der Waals surface area contributed by atoms with Crippen molar-refractivity contribution in [2.45, 2.75) is 32.2 Å². The fraction of sp³-hybridized carbons (Fsp3) is 0.600. The molecule has 0 saturated carbocycles. The van der Waals surface area contributed by atoms with E-state index in [9.17, 15) is 4.39 Å².